The Kier molecular flexibility index (Phi) is 4.79. The number of aromatic nitrogens is 3. The molecule has 4 rings (SSSR count). The van der Waals surface area contributed by atoms with Crippen molar-refractivity contribution in [3.05, 3.63) is 58.6 Å². The van der Waals surface area contributed by atoms with Crippen LogP contribution in [0, 0.1) is 0 Å². The molecule has 1 aliphatic heterocycles. The third kappa shape index (κ3) is 3.46. The van der Waals surface area contributed by atoms with Gasteiger partial charge in [0, 0.05) is 38.6 Å². The number of pyridine rings is 1. The molecule has 0 unspecified atom stereocenters. The molecule has 2 aromatic heterocycles. The number of hydrogen-bond donors (Lipinski definition) is 1. The summed E-state index contributed by atoms with van der Waals surface area (Å²) in [5.41, 5.74) is 0.564. The summed E-state index contributed by atoms with van der Waals surface area (Å²) in [6.45, 7) is 3.88. The fourth-order valence-corrected chi connectivity index (χ4v) is 3.34. The zero-order valence-electron chi connectivity index (χ0n) is 15.9. The lowest BCUT2D eigenvalue weighted by Gasteiger charge is -2.33. The van der Waals surface area contributed by atoms with E-state index in [0.717, 1.165) is 32.0 Å². The number of hydrogen-bond acceptors (Lipinski definition) is 6. The maximum Gasteiger partial charge on any atom is 0.276 e. The molecular weight excluding hydrogens is 356 g/mol. The molecule has 1 aromatic carbocycles. The summed E-state index contributed by atoms with van der Waals surface area (Å²) < 4.78 is 1.19. The van der Waals surface area contributed by atoms with E-state index in [0.29, 0.717) is 16.5 Å². The Morgan fingerprint density at radius 3 is 2.39 bits per heavy atom. The van der Waals surface area contributed by atoms with Gasteiger partial charge in [0.15, 0.2) is 5.69 Å². The van der Waals surface area contributed by atoms with Crippen LogP contribution < -0.4 is 15.8 Å². The molecule has 0 spiro atoms. The standard InChI is InChI=1S/C20H22N6O2/c1-24-9-11-26(12-10-24)17-8-7-14(13-21-17)22-19(27)18-15-5-3-4-6-16(15)20(28)25(2)23-18/h3-8,13H,9-12H2,1-2H3,(H,22,27). The van der Waals surface area contributed by atoms with E-state index in [1.807, 2.05) is 12.1 Å². The Balaban J connectivity index is 1.55. The van der Waals surface area contributed by atoms with Crippen molar-refractivity contribution >= 4 is 28.2 Å². The number of amides is 1. The second kappa shape index (κ2) is 7.40. The Labute approximate surface area is 162 Å². The first-order chi connectivity index (χ1) is 13.5. The van der Waals surface area contributed by atoms with Gasteiger partial charge in [-0.25, -0.2) is 9.67 Å². The van der Waals surface area contributed by atoms with E-state index >= 15 is 0 Å². The summed E-state index contributed by atoms with van der Waals surface area (Å²) in [5, 5.41) is 7.98. The Morgan fingerprint density at radius 1 is 1.00 bits per heavy atom. The van der Waals surface area contributed by atoms with Crippen molar-refractivity contribution in [1.82, 2.24) is 19.7 Å². The van der Waals surface area contributed by atoms with E-state index in [1.54, 1.807) is 30.5 Å². The van der Waals surface area contributed by atoms with E-state index in [1.165, 1.54) is 11.7 Å². The van der Waals surface area contributed by atoms with Crippen LogP contribution in [0.15, 0.2) is 47.4 Å². The maximum absolute atomic E-state index is 12.8. The van der Waals surface area contributed by atoms with Crippen LogP contribution in [0.25, 0.3) is 10.8 Å². The normalized spacial score (nSPS) is 15.0. The molecule has 144 valence electrons. The molecule has 0 saturated carbocycles. The molecule has 8 nitrogen and oxygen atoms in total. The van der Waals surface area contributed by atoms with Crippen molar-refractivity contribution in [3.8, 4) is 0 Å². The lowest BCUT2D eigenvalue weighted by Crippen LogP contribution is -2.44. The smallest absolute Gasteiger partial charge is 0.276 e. The highest BCUT2D eigenvalue weighted by Crippen LogP contribution is 2.18. The van der Waals surface area contributed by atoms with Gasteiger partial charge >= 0.3 is 0 Å². The number of benzene rings is 1. The molecule has 1 fully saturated rings. The Bertz CT molecular complexity index is 1070. The lowest BCUT2D eigenvalue weighted by atomic mass is 10.1. The molecule has 1 N–H and O–H groups in total. The van der Waals surface area contributed by atoms with Crippen LogP contribution in [0.5, 0.6) is 0 Å². The molecule has 28 heavy (non-hydrogen) atoms. The average molecular weight is 378 g/mol. The monoisotopic (exact) mass is 378 g/mol. The molecule has 1 aliphatic rings. The summed E-state index contributed by atoms with van der Waals surface area (Å²) in [5.74, 6) is 0.526. The summed E-state index contributed by atoms with van der Waals surface area (Å²) in [7, 11) is 3.65. The van der Waals surface area contributed by atoms with Gasteiger partial charge in [0.05, 0.1) is 17.3 Å². The molecule has 0 bridgehead atoms. The number of fused-ring (bicyclic) bond motifs is 1. The van der Waals surface area contributed by atoms with Crippen molar-refractivity contribution in [1.29, 1.82) is 0 Å². The van der Waals surface area contributed by atoms with Gasteiger partial charge in [0.2, 0.25) is 0 Å². The van der Waals surface area contributed by atoms with Gasteiger partial charge in [0.1, 0.15) is 5.82 Å². The quantitative estimate of drug-likeness (QED) is 0.740. The molecule has 0 radical (unpaired) electrons. The molecule has 1 amide bonds. The summed E-state index contributed by atoms with van der Waals surface area (Å²) in [6, 6.07) is 10.7. The first-order valence-corrected chi connectivity index (χ1v) is 9.20. The van der Waals surface area contributed by atoms with Gasteiger partial charge < -0.3 is 15.1 Å². The van der Waals surface area contributed by atoms with Crippen molar-refractivity contribution in [2.45, 2.75) is 0 Å². The average Bonchev–Trinajstić information content (AvgIpc) is 2.72. The Hall–Kier alpha value is -3.26. The third-order valence-electron chi connectivity index (χ3n) is 5.00. The van der Waals surface area contributed by atoms with Gasteiger partial charge in [-0.2, -0.15) is 5.10 Å². The van der Waals surface area contributed by atoms with Crippen molar-refractivity contribution < 1.29 is 4.79 Å². The lowest BCUT2D eigenvalue weighted by molar-refractivity contribution is 0.102. The zero-order valence-corrected chi connectivity index (χ0v) is 15.9. The number of carbonyl (C=O) groups is 1. The predicted molar refractivity (Wildman–Crippen MR) is 109 cm³/mol. The van der Waals surface area contributed by atoms with Gasteiger partial charge in [-0.3, -0.25) is 9.59 Å². The van der Waals surface area contributed by atoms with Crippen molar-refractivity contribution in [2.24, 2.45) is 7.05 Å². The van der Waals surface area contributed by atoms with Gasteiger partial charge in [0.25, 0.3) is 11.5 Å². The minimum atomic E-state index is -0.374. The fourth-order valence-electron chi connectivity index (χ4n) is 3.34. The number of piperazine rings is 1. The minimum Gasteiger partial charge on any atom is -0.354 e. The second-order valence-electron chi connectivity index (χ2n) is 6.97. The van der Waals surface area contributed by atoms with Crippen LogP contribution in [0.1, 0.15) is 10.5 Å². The first-order valence-electron chi connectivity index (χ1n) is 9.20. The summed E-state index contributed by atoms with van der Waals surface area (Å²) in [4.78, 5) is 34.0. The summed E-state index contributed by atoms with van der Waals surface area (Å²) >= 11 is 0. The number of rotatable bonds is 3. The number of likely N-dealkylation sites (N-methyl/N-ethyl adjacent to an activating group) is 1. The van der Waals surface area contributed by atoms with Crippen LogP contribution in [0.2, 0.25) is 0 Å². The summed E-state index contributed by atoms with van der Waals surface area (Å²) in [6.07, 6.45) is 1.65. The molecule has 3 aromatic rings. The van der Waals surface area contributed by atoms with Crippen molar-refractivity contribution in [3.63, 3.8) is 0 Å². The highest BCUT2D eigenvalue weighted by atomic mass is 16.2. The van der Waals surface area contributed by atoms with Crippen LogP contribution in [0.4, 0.5) is 11.5 Å². The number of nitrogens with one attached hydrogen (secondary N) is 1. The number of nitrogens with zero attached hydrogens (tertiary/aromatic N) is 5. The molecule has 0 atom stereocenters. The van der Waals surface area contributed by atoms with E-state index < -0.39 is 0 Å². The topological polar surface area (TPSA) is 83.4 Å². The van der Waals surface area contributed by atoms with E-state index in [2.05, 4.69) is 32.2 Å². The molecule has 8 heteroatoms. The molecule has 1 saturated heterocycles. The predicted octanol–water partition coefficient (Wildman–Crippen LogP) is 1.33. The van der Waals surface area contributed by atoms with Crippen LogP contribution in [-0.2, 0) is 7.05 Å². The highest BCUT2D eigenvalue weighted by Gasteiger charge is 2.17. The Morgan fingerprint density at radius 2 is 1.71 bits per heavy atom. The maximum atomic E-state index is 12.8. The number of carbonyl (C=O) groups excluding carboxylic acids is 1. The van der Waals surface area contributed by atoms with E-state index in [9.17, 15) is 9.59 Å². The minimum absolute atomic E-state index is 0.209. The number of aryl methyl sites for hydroxylation is 1. The second-order valence-corrected chi connectivity index (χ2v) is 6.97. The molecule has 0 aliphatic carbocycles. The largest absolute Gasteiger partial charge is 0.354 e. The number of anilines is 2. The van der Waals surface area contributed by atoms with Gasteiger partial charge in [-0.15, -0.1) is 0 Å². The van der Waals surface area contributed by atoms with Gasteiger partial charge in [-0.1, -0.05) is 18.2 Å². The van der Waals surface area contributed by atoms with Crippen LogP contribution in [0.3, 0.4) is 0 Å². The third-order valence-corrected chi connectivity index (χ3v) is 5.00. The first kappa shape index (κ1) is 18.1. The van der Waals surface area contributed by atoms with Crippen LogP contribution >= 0.6 is 0 Å². The molecular formula is C20H22N6O2. The molecule has 3 heterocycles. The fraction of sp³-hybridized carbons (Fsp3) is 0.300. The van der Waals surface area contributed by atoms with E-state index in [-0.39, 0.29) is 17.2 Å². The SMILES string of the molecule is CN1CCN(c2ccc(NC(=O)c3nn(C)c(=O)c4ccccc34)cn2)CC1. The highest BCUT2D eigenvalue weighted by molar-refractivity contribution is 6.11. The zero-order chi connectivity index (χ0) is 19.7. The van der Waals surface area contributed by atoms with E-state index in [4.69, 9.17) is 0 Å². The van der Waals surface area contributed by atoms with Crippen LogP contribution in [-0.4, -0.2) is 58.8 Å². The van der Waals surface area contributed by atoms with Gasteiger partial charge in [-0.05, 0) is 25.2 Å². The van der Waals surface area contributed by atoms with Crippen molar-refractivity contribution in [2.75, 3.05) is 43.4 Å².